The van der Waals surface area contributed by atoms with Crippen LogP contribution >= 0.6 is 0 Å². The minimum absolute atomic E-state index is 0.0775. The molecule has 0 heterocycles. The third kappa shape index (κ3) is 2.51. The van der Waals surface area contributed by atoms with Gasteiger partial charge < -0.3 is 10.2 Å². The molecule has 1 atom stereocenters. The second-order valence-electron chi connectivity index (χ2n) is 4.10. The van der Waals surface area contributed by atoms with Crippen molar-refractivity contribution < 1.29 is 19.8 Å². The van der Waals surface area contributed by atoms with Crippen LogP contribution in [0.4, 0.5) is 0 Å². The molecule has 0 aliphatic heterocycles. The number of unbranched alkanes of at least 4 members (excludes halogenated alkanes) is 1. The van der Waals surface area contributed by atoms with Crippen LogP contribution in [-0.2, 0) is 9.59 Å². The van der Waals surface area contributed by atoms with Crippen molar-refractivity contribution in [2.75, 3.05) is 0 Å². The van der Waals surface area contributed by atoms with Gasteiger partial charge in [0.25, 0.3) is 0 Å². The minimum atomic E-state index is -1.04. The van der Waals surface area contributed by atoms with Crippen molar-refractivity contribution in [3.63, 3.8) is 0 Å². The molecule has 0 radical (unpaired) electrons. The zero-order valence-electron chi connectivity index (χ0n) is 9.27. The molecule has 0 amide bonds. The van der Waals surface area contributed by atoms with Crippen molar-refractivity contribution in [3.05, 3.63) is 23.8 Å². The van der Waals surface area contributed by atoms with Gasteiger partial charge in [0.05, 0.1) is 5.41 Å². The summed E-state index contributed by atoms with van der Waals surface area (Å²) in [6.07, 6.45) is 6.86. The minimum Gasteiger partial charge on any atom is -0.481 e. The predicted molar refractivity (Wildman–Crippen MR) is 59.1 cm³/mol. The topological polar surface area (TPSA) is 74.6 Å². The maximum absolute atomic E-state index is 11.3. The van der Waals surface area contributed by atoms with Crippen molar-refractivity contribution in [3.8, 4) is 0 Å². The third-order valence-corrected chi connectivity index (χ3v) is 2.90. The van der Waals surface area contributed by atoms with Gasteiger partial charge in [-0.2, -0.15) is 0 Å². The average molecular weight is 224 g/mol. The van der Waals surface area contributed by atoms with Gasteiger partial charge in [-0.1, -0.05) is 38.0 Å². The van der Waals surface area contributed by atoms with Gasteiger partial charge in [0, 0.05) is 5.57 Å². The van der Waals surface area contributed by atoms with E-state index in [1.165, 1.54) is 12.2 Å². The second kappa shape index (κ2) is 4.96. The molecule has 0 bridgehead atoms. The highest BCUT2D eigenvalue weighted by atomic mass is 16.4. The lowest BCUT2D eigenvalue weighted by atomic mass is 9.74. The first-order valence-electron chi connectivity index (χ1n) is 5.37. The Morgan fingerprint density at radius 3 is 2.62 bits per heavy atom. The first kappa shape index (κ1) is 12.5. The van der Waals surface area contributed by atoms with Crippen molar-refractivity contribution in [1.82, 2.24) is 0 Å². The van der Waals surface area contributed by atoms with E-state index >= 15 is 0 Å². The monoisotopic (exact) mass is 224 g/mol. The first-order valence-corrected chi connectivity index (χ1v) is 5.37. The summed E-state index contributed by atoms with van der Waals surface area (Å²) in [7, 11) is 0. The fourth-order valence-electron chi connectivity index (χ4n) is 1.87. The molecule has 0 fully saturated rings. The highest BCUT2D eigenvalue weighted by Gasteiger charge is 2.38. The van der Waals surface area contributed by atoms with Gasteiger partial charge in [0.15, 0.2) is 0 Å². The molecule has 16 heavy (non-hydrogen) atoms. The number of aliphatic carboxylic acids is 2. The quantitative estimate of drug-likeness (QED) is 0.750. The summed E-state index contributed by atoms with van der Waals surface area (Å²) in [6.45, 7) is 1.98. The lowest BCUT2D eigenvalue weighted by Crippen LogP contribution is -2.32. The number of carboxylic acids is 2. The lowest BCUT2D eigenvalue weighted by molar-refractivity contribution is -0.146. The normalized spacial score (nSPS) is 23.9. The molecule has 1 unspecified atom stereocenters. The summed E-state index contributed by atoms with van der Waals surface area (Å²) < 4.78 is 0. The average Bonchev–Trinajstić information content (AvgIpc) is 2.26. The molecule has 1 aliphatic rings. The van der Waals surface area contributed by atoms with E-state index in [4.69, 9.17) is 5.11 Å². The number of carbonyl (C=O) groups is 2. The van der Waals surface area contributed by atoms with Gasteiger partial charge in [-0.05, 0) is 12.8 Å². The van der Waals surface area contributed by atoms with E-state index in [2.05, 4.69) is 0 Å². The molecular weight excluding hydrogens is 208 g/mol. The first-order chi connectivity index (χ1) is 7.52. The van der Waals surface area contributed by atoms with Gasteiger partial charge in [0.2, 0.25) is 0 Å². The Kier molecular flexibility index (Phi) is 3.88. The SMILES string of the molecule is CCCCC1(C(=O)O)C=CC=C(C(=O)O)C1. The zero-order chi connectivity index (χ0) is 12.2. The molecule has 4 nitrogen and oxygen atoms in total. The van der Waals surface area contributed by atoms with Crippen LogP contribution in [0.3, 0.4) is 0 Å². The molecule has 1 rings (SSSR count). The molecule has 4 heteroatoms. The van der Waals surface area contributed by atoms with Crippen LogP contribution in [0, 0.1) is 5.41 Å². The van der Waals surface area contributed by atoms with Gasteiger partial charge in [-0.3, -0.25) is 4.79 Å². The van der Waals surface area contributed by atoms with Crippen LogP contribution in [0.25, 0.3) is 0 Å². The van der Waals surface area contributed by atoms with Crippen LogP contribution in [0.5, 0.6) is 0 Å². The fraction of sp³-hybridized carbons (Fsp3) is 0.500. The third-order valence-electron chi connectivity index (χ3n) is 2.90. The van der Waals surface area contributed by atoms with Crippen molar-refractivity contribution in [1.29, 1.82) is 0 Å². The number of hydrogen-bond acceptors (Lipinski definition) is 2. The highest BCUT2D eigenvalue weighted by Crippen LogP contribution is 2.37. The number of allylic oxidation sites excluding steroid dienone is 2. The zero-order valence-corrected chi connectivity index (χ0v) is 9.27. The molecule has 2 N–H and O–H groups in total. The second-order valence-corrected chi connectivity index (χ2v) is 4.10. The lowest BCUT2D eigenvalue weighted by Gasteiger charge is -2.28. The molecule has 0 spiro atoms. The van der Waals surface area contributed by atoms with E-state index in [0.717, 1.165) is 12.8 Å². The summed E-state index contributed by atoms with van der Waals surface area (Å²) >= 11 is 0. The van der Waals surface area contributed by atoms with E-state index in [0.29, 0.717) is 6.42 Å². The molecule has 0 saturated heterocycles. The molecular formula is C12H16O4. The summed E-state index contributed by atoms with van der Waals surface area (Å²) in [6, 6.07) is 0. The maximum Gasteiger partial charge on any atom is 0.331 e. The van der Waals surface area contributed by atoms with E-state index in [9.17, 15) is 14.7 Å². The highest BCUT2D eigenvalue weighted by molar-refractivity contribution is 5.90. The molecule has 88 valence electrons. The van der Waals surface area contributed by atoms with Crippen LogP contribution in [0.1, 0.15) is 32.6 Å². The smallest absolute Gasteiger partial charge is 0.331 e. The Hall–Kier alpha value is -1.58. The fourth-order valence-corrected chi connectivity index (χ4v) is 1.87. The van der Waals surface area contributed by atoms with Gasteiger partial charge in [-0.15, -0.1) is 0 Å². The van der Waals surface area contributed by atoms with Gasteiger partial charge in [-0.25, -0.2) is 4.79 Å². The molecule has 1 aliphatic carbocycles. The van der Waals surface area contributed by atoms with Crippen LogP contribution < -0.4 is 0 Å². The Bertz CT molecular complexity index is 354. The molecule has 0 aromatic carbocycles. The summed E-state index contributed by atoms with van der Waals surface area (Å²) in [4.78, 5) is 22.1. The molecule has 0 aromatic heterocycles. The number of hydrogen-bond donors (Lipinski definition) is 2. The van der Waals surface area contributed by atoms with E-state index in [-0.39, 0.29) is 12.0 Å². The van der Waals surface area contributed by atoms with Gasteiger partial charge in [0.1, 0.15) is 0 Å². The number of rotatable bonds is 5. The summed E-state index contributed by atoms with van der Waals surface area (Å²) in [5, 5.41) is 18.1. The largest absolute Gasteiger partial charge is 0.481 e. The molecule has 0 aromatic rings. The summed E-state index contributed by atoms with van der Waals surface area (Å²) in [5.74, 6) is -1.98. The standard InChI is InChI=1S/C12H16O4/c1-2-3-6-12(11(15)16)7-4-5-9(8-12)10(13)14/h4-5,7H,2-3,6,8H2,1H3,(H,13,14)(H,15,16). The van der Waals surface area contributed by atoms with E-state index in [1.807, 2.05) is 6.92 Å². The number of carboxylic acid groups (broad SMARTS) is 2. The molecule has 0 saturated carbocycles. The van der Waals surface area contributed by atoms with Crippen LogP contribution in [-0.4, -0.2) is 22.2 Å². The van der Waals surface area contributed by atoms with Crippen molar-refractivity contribution >= 4 is 11.9 Å². The van der Waals surface area contributed by atoms with E-state index in [1.54, 1.807) is 6.08 Å². The summed E-state index contributed by atoms with van der Waals surface area (Å²) in [5.41, 5.74) is -0.862. The van der Waals surface area contributed by atoms with E-state index < -0.39 is 17.4 Å². The predicted octanol–water partition coefficient (Wildman–Crippen LogP) is 2.22. The Labute approximate surface area is 94.3 Å². The van der Waals surface area contributed by atoms with Crippen LogP contribution in [0.2, 0.25) is 0 Å². The van der Waals surface area contributed by atoms with Crippen LogP contribution in [0.15, 0.2) is 23.8 Å². The van der Waals surface area contributed by atoms with Crippen molar-refractivity contribution in [2.24, 2.45) is 5.41 Å². The Balaban J connectivity index is 2.90. The Morgan fingerprint density at radius 1 is 1.44 bits per heavy atom. The Morgan fingerprint density at radius 2 is 2.12 bits per heavy atom. The van der Waals surface area contributed by atoms with Gasteiger partial charge >= 0.3 is 11.9 Å². The maximum atomic E-state index is 11.3. The van der Waals surface area contributed by atoms with Crippen molar-refractivity contribution in [2.45, 2.75) is 32.6 Å².